The maximum atomic E-state index is 13.5. The third-order valence-corrected chi connectivity index (χ3v) is 9.73. The standard InChI is InChI=1S/C29H34F3N7O5S/c1-27(2)17-19-18-38(27)25-20(26(40)37-45(41,42)24-6-3-5-21(34-24)33-13-16-43-19)7-8-22(35-25)39-14-9-23(36-39)44-15-4-10-28(11-12-28)29(30,31)32/h3,5-9,14,19H,4,10-13,15-18H2,1-2H3,(H,33,34)(H,37,40)/t19-/m1/s1. The minimum absolute atomic E-state index is 0.00963. The Bertz CT molecular complexity index is 1690. The third kappa shape index (κ3) is 6.43. The van der Waals surface area contributed by atoms with E-state index in [1.165, 1.54) is 28.9 Å². The van der Waals surface area contributed by atoms with Crippen LogP contribution in [-0.4, -0.2) is 78.2 Å². The molecule has 0 radical (unpaired) electrons. The molecule has 2 fully saturated rings. The molecule has 16 heteroatoms. The number of carbonyl (C=O) groups excluding carboxylic acids is 1. The number of rotatable bonds is 6. The molecule has 1 saturated carbocycles. The number of nitrogens with zero attached hydrogens (tertiary/aromatic N) is 5. The van der Waals surface area contributed by atoms with Crippen LogP contribution in [-0.2, 0) is 14.8 Å². The van der Waals surface area contributed by atoms with Gasteiger partial charge in [0.15, 0.2) is 10.8 Å². The number of amides is 1. The number of carbonyl (C=O) groups is 1. The summed E-state index contributed by atoms with van der Waals surface area (Å²) in [7, 11) is -4.32. The molecular weight excluding hydrogens is 615 g/mol. The predicted molar refractivity (Wildman–Crippen MR) is 157 cm³/mol. The number of anilines is 2. The summed E-state index contributed by atoms with van der Waals surface area (Å²) in [5.41, 5.74) is -2.05. The molecule has 6 rings (SSSR count). The Balaban J connectivity index is 1.26. The average molecular weight is 650 g/mol. The molecular formula is C29H34F3N7O5S. The topological polar surface area (TPSA) is 141 Å². The van der Waals surface area contributed by atoms with Crippen LogP contribution in [0.5, 0.6) is 5.88 Å². The lowest BCUT2D eigenvalue weighted by Crippen LogP contribution is -2.41. The number of hydrogen-bond acceptors (Lipinski definition) is 10. The quantitative estimate of drug-likeness (QED) is 0.376. The van der Waals surface area contributed by atoms with Crippen molar-refractivity contribution in [1.82, 2.24) is 24.5 Å². The molecule has 3 aromatic heterocycles. The van der Waals surface area contributed by atoms with Gasteiger partial charge < -0.3 is 19.7 Å². The van der Waals surface area contributed by atoms with Crippen molar-refractivity contribution in [3.8, 4) is 11.7 Å². The molecule has 4 bridgehead atoms. The zero-order valence-corrected chi connectivity index (χ0v) is 25.6. The summed E-state index contributed by atoms with van der Waals surface area (Å²) < 4.78 is 81.2. The van der Waals surface area contributed by atoms with Crippen LogP contribution in [0, 0.1) is 5.41 Å². The van der Waals surface area contributed by atoms with Crippen molar-refractivity contribution in [2.45, 2.75) is 68.8 Å². The normalized spacial score (nSPS) is 21.9. The second kappa shape index (κ2) is 11.5. The van der Waals surface area contributed by atoms with Gasteiger partial charge >= 0.3 is 6.18 Å². The van der Waals surface area contributed by atoms with E-state index in [2.05, 4.69) is 20.1 Å². The van der Waals surface area contributed by atoms with Crippen molar-refractivity contribution in [3.63, 3.8) is 0 Å². The lowest BCUT2D eigenvalue weighted by atomic mass is 10.0. The summed E-state index contributed by atoms with van der Waals surface area (Å²) in [6, 6.07) is 9.03. The molecule has 1 atom stereocenters. The van der Waals surface area contributed by atoms with E-state index in [9.17, 15) is 26.4 Å². The molecule has 1 saturated heterocycles. The van der Waals surface area contributed by atoms with E-state index in [-0.39, 0.29) is 60.7 Å². The van der Waals surface area contributed by atoms with E-state index in [0.717, 1.165) is 0 Å². The monoisotopic (exact) mass is 649 g/mol. The van der Waals surface area contributed by atoms with Crippen LogP contribution in [0.1, 0.15) is 56.3 Å². The van der Waals surface area contributed by atoms with Crippen molar-refractivity contribution >= 4 is 27.6 Å². The van der Waals surface area contributed by atoms with Crippen LogP contribution in [0.15, 0.2) is 47.6 Å². The van der Waals surface area contributed by atoms with E-state index in [4.69, 9.17) is 14.5 Å². The number of fused-ring (bicyclic) bond motifs is 6. The summed E-state index contributed by atoms with van der Waals surface area (Å²) in [6.07, 6.45) is -1.61. The van der Waals surface area contributed by atoms with Gasteiger partial charge in [-0.05, 0) is 70.2 Å². The first-order valence-corrected chi connectivity index (χ1v) is 16.2. The van der Waals surface area contributed by atoms with Crippen LogP contribution in [0.3, 0.4) is 0 Å². The van der Waals surface area contributed by atoms with Gasteiger partial charge in [-0.3, -0.25) is 4.79 Å². The molecule has 1 amide bonds. The number of hydrogen-bond donors (Lipinski definition) is 2. The Morgan fingerprint density at radius 2 is 1.93 bits per heavy atom. The fourth-order valence-corrected chi connectivity index (χ4v) is 6.77. The van der Waals surface area contributed by atoms with Crippen molar-refractivity contribution in [2.75, 3.05) is 36.5 Å². The largest absolute Gasteiger partial charge is 0.477 e. The first kappa shape index (κ1) is 31.1. The van der Waals surface area contributed by atoms with E-state index in [1.807, 2.05) is 18.7 Å². The number of aromatic nitrogens is 4. The SMILES string of the molecule is CC1(C)C[C@@H]2CN1c1nc(-n3ccc(OCCCC4(C(F)(F)F)CC4)n3)ccc1C(=O)NS(=O)(=O)c1cccc(n1)NCCO2. The highest BCUT2D eigenvalue weighted by atomic mass is 32.2. The Hall–Kier alpha value is -3.92. The molecule has 45 heavy (non-hydrogen) atoms. The molecule has 5 heterocycles. The molecule has 3 aliphatic rings. The lowest BCUT2D eigenvalue weighted by molar-refractivity contribution is -0.189. The summed E-state index contributed by atoms with van der Waals surface area (Å²) in [5, 5.41) is 7.11. The van der Waals surface area contributed by atoms with Gasteiger partial charge in [-0.1, -0.05) is 6.07 Å². The molecule has 12 nitrogen and oxygen atoms in total. The van der Waals surface area contributed by atoms with Crippen LogP contribution in [0.25, 0.3) is 5.82 Å². The predicted octanol–water partition coefficient (Wildman–Crippen LogP) is 4.08. The maximum absolute atomic E-state index is 13.5. The van der Waals surface area contributed by atoms with Gasteiger partial charge in [0.1, 0.15) is 11.6 Å². The van der Waals surface area contributed by atoms with Gasteiger partial charge in [-0.25, -0.2) is 19.4 Å². The zero-order chi connectivity index (χ0) is 32.0. The van der Waals surface area contributed by atoms with Crippen molar-refractivity contribution in [2.24, 2.45) is 5.41 Å². The summed E-state index contributed by atoms with van der Waals surface area (Å²) in [4.78, 5) is 24.3. The van der Waals surface area contributed by atoms with E-state index in [0.29, 0.717) is 37.8 Å². The second-order valence-corrected chi connectivity index (χ2v) is 13.8. The van der Waals surface area contributed by atoms with Gasteiger partial charge in [0.25, 0.3) is 15.9 Å². The minimum Gasteiger partial charge on any atom is -0.477 e. The number of halogens is 3. The smallest absolute Gasteiger partial charge is 0.394 e. The van der Waals surface area contributed by atoms with Crippen molar-refractivity contribution in [3.05, 3.63) is 48.2 Å². The van der Waals surface area contributed by atoms with E-state index < -0.39 is 33.1 Å². The Morgan fingerprint density at radius 1 is 1.13 bits per heavy atom. The highest BCUT2D eigenvalue weighted by Crippen LogP contribution is 2.60. The molecule has 242 valence electrons. The van der Waals surface area contributed by atoms with Gasteiger partial charge in [0, 0.05) is 30.9 Å². The van der Waals surface area contributed by atoms with Crippen LogP contribution < -0.4 is 19.7 Å². The van der Waals surface area contributed by atoms with Crippen molar-refractivity contribution < 1.29 is 35.9 Å². The highest BCUT2D eigenvalue weighted by Gasteiger charge is 2.62. The molecule has 0 spiro atoms. The van der Waals surface area contributed by atoms with Crippen molar-refractivity contribution in [1.29, 1.82) is 0 Å². The number of sulfonamides is 1. The summed E-state index contributed by atoms with van der Waals surface area (Å²) in [6.45, 7) is 5.20. The average Bonchev–Trinajstić information content (AvgIpc) is 3.53. The summed E-state index contributed by atoms with van der Waals surface area (Å²) in [5.74, 6) is 0.235. The molecule has 2 aliphatic heterocycles. The first-order chi connectivity index (χ1) is 21.3. The molecule has 1 aliphatic carbocycles. The number of alkyl halides is 3. The fourth-order valence-electron chi connectivity index (χ4n) is 5.84. The number of nitrogens with one attached hydrogen (secondary N) is 2. The summed E-state index contributed by atoms with van der Waals surface area (Å²) >= 11 is 0. The van der Waals surface area contributed by atoms with Crippen LogP contribution in [0.2, 0.25) is 0 Å². The second-order valence-electron chi connectivity index (χ2n) is 12.2. The minimum atomic E-state index is -4.32. The van der Waals surface area contributed by atoms with Crippen LogP contribution >= 0.6 is 0 Å². The molecule has 0 aromatic carbocycles. The van der Waals surface area contributed by atoms with E-state index >= 15 is 0 Å². The zero-order valence-electron chi connectivity index (χ0n) is 24.8. The lowest BCUT2D eigenvalue weighted by Gasteiger charge is -2.33. The van der Waals surface area contributed by atoms with Gasteiger partial charge in [-0.15, -0.1) is 5.10 Å². The Kier molecular flexibility index (Phi) is 7.92. The Labute approximate surface area is 258 Å². The third-order valence-electron chi connectivity index (χ3n) is 8.50. The highest BCUT2D eigenvalue weighted by molar-refractivity contribution is 7.90. The fraction of sp³-hybridized carbons (Fsp3) is 0.517. The van der Waals surface area contributed by atoms with Gasteiger partial charge in [0.05, 0.1) is 30.3 Å². The molecule has 3 aromatic rings. The molecule has 0 unspecified atom stereocenters. The maximum Gasteiger partial charge on any atom is 0.394 e. The first-order valence-electron chi connectivity index (χ1n) is 14.7. The van der Waals surface area contributed by atoms with Gasteiger partial charge in [-0.2, -0.15) is 21.6 Å². The number of ether oxygens (including phenoxy) is 2. The van der Waals surface area contributed by atoms with E-state index in [1.54, 1.807) is 18.3 Å². The van der Waals surface area contributed by atoms with Gasteiger partial charge in [0.2, 0.25) is 5.88 Å². The Morgan fingerprint density at radius 3 is 2.69 bits per heavy atom. The van der Waals surface area contributed by atoms with Crippen LogP contribution in [0.4, 0.5) is 24.8 Å². The number of pyridine rings is 2. The molecule has 2 N–H and O–H groups in total.